The minimum atomic E-state index is -4.73. The molecule has 0 aliphatic heterocycles. The van der Waals surface area contributed by atoms with Gasteiger partial charge in [-0.2, -0.15) is 13.2 Å². The summed E-state index contributed by atoms with van der Waals surface area (Å²) in [5, 5.41) is 3.95. The Morgan fingerprint density at radius 2 is 0.686 bits per heavy atom. The second kappa shape index (κ2) is 16.7. The summed E-state index contributed by atoms with van der Waals surface area (Å²) >= 11 is 0. The summed E-state index contributed by atoms with van der Waals surface area (Å²) < 4.78 is 48.1. The van der Waals surface area contributed by atoms with Crippen LogP contribution in [0.5, 0.6) is 0 Å². The van der Waals surface area contributed by atoms with Crippen molar-refractivity contribution in [3.63, 3.8) is 0 Å². The van der Waals surface area contributed by atoms with Crippen molar-refractivity contribution in [3.05, 3.63) is 253 Å². The van der Waals surface area contributed by atoms with Crippen LogP contribution in [0.25, 0.3) is 120 Å². The number of rotatable bonds is 7. The Morgan fingerprint density at radius 1 is 0.329 bits per heavy atom. The zero-order valence-electron chi connectivity index (χ0n) is 37.3. The molecule has 0 N–H and O–H groups in total. The van der Waals surface area contributed by atoms with Crippen molar-refractivity contribution in [1.29, 1.82) is 0 Å². The fourth-order valence-electron chi connectivity index (χ4n) is 10.0. The van der Waals surface area contributed by atoms with Gasteiger partial charge in [-0.1, -0.05) is 146 Å². The molecule has 10 aromatic carbocycles. The van der Waals surface area contributed by atoms with Crippen LogP contribution in [0, 0.1) is 13.1 Å². The summed E-state index contributed by atoms with van der Waals surface area (Å²) in [4.78, 5) is 7.49. The molecule has 0 saturated heterocycles. The topological polar surface area (TPSA) is 18.6 Å². The summed E-state index contributed by atoms with van der Waals surface area (Å²) in [5.74, 6) is 0. The van der Waals surface area contributed by atoms with E-state index >= 15 is 0 Å². The highest BCUT2D eigenvalue weighted by Gasteiger charge is 2.32. The predicted octanol–water partition coefficient (Wildman–Crippen LogP) is 18.3. The summed E-state index contributed by atoms with van der Waals surface area (Å²) in [7, 11) is 0. The average Bonchev–Trinajstić information content (AvgIpc) is 3.92. The van der Waals surface area contributed by atoms with Crippen LogP contribution in [0.1, 0.15) is 5.56 Å². The summed E-state index contributed by atoms with van der Waals surface area (Å²) in [6.07, 6.45) is -4.73. The molecule has 0 unspecified atom stereocenters. The maximum Gasteiger partial charge on any atom is 0.415 e. The summed E-state index contributed by atoms with van der Waals surface area (Å²) in [6, 6.07) is 73.6. The van der Waals surface area contributed by atoms with Crippen LogP contribution in [-0.2, 0) is 6.18 Å². The third-order valence-electron chi connectivity index (χ3n) is 13.3. The molecule has 0 aliphatic rings. The fraction of sp³-hybridized carbons (Fsp3) is 0.0159. The zero-order valence-corrected chi connectivity index (χ0v) is 37.3. The highest BCUT2D eigenvalue weighted by Crippen LogP contribution is 2.47. The highest BCUT2D eigenvalue weighted by molar-refractivity contribution is 6.14. The molecule has 70 heavy (non-hydrogen) atoms. The Kier molecular flexibility index (Phi) is 10.0. The third-order valence-corrected chi connectivity index (χ3v) is 13.3. The van der Waals surface area contributed by atoms with E-state index in [1.807, 2.05) is 78.9 Å². The van der Waals surface area contributed by atoms with Gasteiger partial charge in [0.1, 0.15) is 0 Å². The average molecular weight is 907 g/mol. The normalized spacial score (nSPS) is 11.6. The van der Waals surface area contributed by atoms with Gasteiger partial charge in [0.2, 0.25) is 0 Å². The minimum Gasteiger partial charge on any atom is -0.308 e. The van der Waals surface area contributed by atoms with Crippen molar-refractivity contribution in [3.8, 4) is 67.0 Å². The number of fused-ring (bicyclic) bond motifs is 6. The van der Waals surface area contributed by atoms with Gasteiger partial charge in [-0.05, 0) is 134 Å². The van der Waals surface area contributed by atoms with Gasteiger partial charge in [0.05, 0.1) is 46.6 Å². The van der Waals surface area contributed by atoms with E-state index < -0.39 is 11.7 Å². The molecule has 0 spiro atoms. The molecule has 2 aromatic heterocycles. The Hall–Kier alpha value is -9.43. The molecule has 0 atom stereocenters. The molecule has 330 valence electrons. The lowest BCUT2D eigenvalue weighted by Gasteiger charge is -2.20. The lowest BCUT2D eigenvalue weighted by Crippen LogP contribution is -2.06. The lowest BCUT2D eigenvalue weighted by molar-refractivity contribution is -0.137. The Balaban J connectivity index is 1.22. The first kappa shape index (κ1) is 42.0. The van der Waals surface area contributed by atoms with Gasteiger partial charge in [0.25, 0.3) is 0 Å². The SMILES string of the molecule is [C-]#[N+]c1cc(-c2cc(-n3c4ccc(-c5ccccc5)cc4c4cc(-c5ccccc5)ccc43)c(-n3c4ccc(-c5ccccc5)cc4c4cc(-c5ccccc5)ccc43)cc2[N+]#[C-])cc(C(F)(F)F)c1. The summed E-state index contributed by atoms with van der Waals surface area (Å²) in [5.41, 5.74) is 12.6. The quantitative estimate of drug-likeness (QED) is 0.142. The largest absolute Gasteiger partial charge is 0.415 e. The van der Waals surface area contributed by atoms with E-state index in [1.165, 1.54) is 6.07 Å². The number of nitrogens with zero attached hydrogens (tertiary/aromatic N) is 4. The molecule has 0 amide bonds. The zero-order chi connectivity index (χ0) is 47.5. The number of halogens is 3. The van der Waals surface area contributed by atoms with Gasteiger partial charge < -0.3 is 9.13 Å². The lowest BCUT2D eigenvalue weighted by atomic mass is 9.98. The monoisotopic (exact) mass is 906 g/mol. The Bertz CT molecular complexity index is 3910. The number of hydrogen-bond donors (Lipinski definition) is 0. The van der Waals surface area contributed by atoms with E-state index in [1.54, 1.807) is 6.07 Å². The van der Waals surface area contributed by atoms with Crippen molar-refractivity contribution in [1.82, 2.24) is 9.13 Å². The van der Waals surface area contributed by atoms with Crippen LogP contribution < -0.4 is 0 Å². The van der Waals surface area contributed by atoms with Gasteiger partial charge in [-0.15, -0.1) is 0 Å². The molecule has 0 aliphatic carbocycles. The number of aromatic nitrogens is 2. The Labute approximate surface area is 401 Å². The van der Waals surface area contributed by atoms with Crippen LogP contribution in [0.3, 0.4) is 0 Å². The molecule has 0 bridgehead atoms. The molecular weight excluding hydrogens is 870 g/mol. The molecule has 2 heterocycles. The van der Waals surface area contributed by atoms with Crippen molar-refractivity contribution < 1.29 is 13.2 Å². The van der Waals surface area contributed by atoms with Gasteiger partial charge in [-0.3, -0.25) is 0 Å². The van der Waals surface area contributed by atoms with Crippen molar-refractivity contribution >= 4 is 55.0 Å². The molecule has 0 saturated carbocycles. The van der Waals surface area contributed by atoms with E-state index in [9.17, 15) is 13.2 Å². The second-order valence-electron chi connectivity index (χ2n) is 17.4. The first-order chi connectivity index (χ1) is 34.2. The Morgan fingerprint density at radius 3 is 1.01 bits per heavy atom. The van der Waals surface area contributed by atoms with Gasteiger partial charge in [0.15, 0.2) is 11.4 Å². The van der Waals surface area contributed by atoms with Crippen LogP contribution in [0.2, 0.25) is 0 Å². The van der Waals surface area contributed by atoms with Crippen molar-refractivity contribution in [2.45, 2.75) is 6.18 Å². The molecule has 7 heteroatoms. The second-order valence-corrected chi connectivity index (χ2v) is 17.4. The molecule has 12 rings (SSSR count). The van der Waals surface area contributed by atoms with Crippen molar-refractivity contribution in [2.24, 2.45) is 0 Å². The summed E-state index contributed by atoms with van der Waals surface area (Å²) in [6.45, 7) is 16.5. The fourth-order valence-corrected chi connectivity index (χ4v) is 10.0. The van der Waals surface area contributed by atoms with E-state index in [2.05, 4.69) is 140 Å². The third kappa shape index (κ3) is 7.17. The van der Waals surface area contributed by atoms with Gasteiger partial charge in [-0.25, -0.2) is 9.69 Å². The van der Waals surface area contributed by atoms with Crippen molar-refractivity contribution in [2.75, 3.05) is 0 Å². The van der Waals surface area contributed by atoms with E-state index in [-0.39, 0.29) is 22.5 Å². The van der Waals surface area contributed by atoms with Crippen LogP contribution >= 0.6 is 0 Å². The van der Waals surface area contributed by atoms with E-state index in [0.717, 1.165) is 100 Å². The van der Waals surface area contributed by atoms with Crippen LogP contribution in [-0.4, -0.2) is 9.13 Å². The molecule has 4 nitrogen and oxygen atoms in total. The van der Waals surface area contributed by atoms with E-state index in [0.29, 0.717) is 11.4 Å². The minimum absolute atomic E-state index is 0.125. The maximum absolute atomic E-state index is 14.6. The number of hydrogen-bond acceptors (Lipinski definition) is 0. The number of benzene rings is 10. The maximum atomic E-state index is 14.6. The van der Waals surface area contributed by atoms with E-state index in [4.69, 9.17) is 13.1 Å². The molecule has 0 radical (unpaired) electrons. The number of alkyl halides is 3. The van der Waals surface area contributed by atoms with Gasteiger partial charge in [0, 0.05) is 27.1 Å². The first-order valence-electron chi connectivity index (χ1n) is 22.8. The standard InChI is InChI=1S/C63H37F3N4/c1-67-50-32-48(31-49(37-50)63(64,65)66)51-38-61(69-57-27-23-44(40-15-7-3-8-16-40)33-52(57)53-34-45(24-28-58(53)69)41-17-9-4-10-18-41)62(39-56(51)68-2)70-59-29-25-46(42-19-11-5-12-20-42)35-54(59)55-36-47(26-30-60(55)70)43-21-13-6-14-22-43/h3-39H. The smallest absolute Gasteiger partial charge is 0.308 e. The molecule has 0 fully saturated rings. The molecular formula is C63H37F3N4. The molecule has 12 aromatic rings. The highest BCUT2D eigenvalue weighted by atomic mass is 19.4. The van der Waals surface area contributed by atoms with Crippen LogP contribution in [0.4, 0.5) is 24.5 Å². The first-order valence-corrected chi connectivity index (χ1v) is 22.8. The van der Waals surface area contributed by atoms with Gasteiger partial charge >= 0.3 is 6.18 Å². The van der Waals surface area contributed by atoms with Crippen LogP contribution in [0.15, 0.2) is 224 Å². The predicted molar refractivity (Wildman–Crippen MR) is 280 cm³/mol.